The molecule has 0 atom stereocenters. The third-order valence-corrected chi connectivity index (χ3v) is 1.53. The molecule has 0 aliphatic rings. The van der Waals surface area contributed by atoms with Crippen molar-refractivity contribution < 1.29 is 9.31 Å². The Kier molecular flexibility index (Phi) is 2.14. The van der Waals surface area contributed by atoms with Crippen molar-refractivity contribution in [1.82, 2.24) is 0 Å². The Labute approximate surface area is 71.9 Å². The molecular weight excluding hydrogens is 187 g/mol. The highest BCUT2D eigenvalue weighted by molar-refractivity contribution is 6.33. The number of anilines is 1. The molecule has 2 N–H and O–H groups in total. The molecule has 0 radical (unpaired) electrons. The van der Waals surface area contributed by atoms with E-state index in [1.54, 1.807) is 0 Å². The normalized spacial score (nSPS) is 9.83. The van der Waals surface area contributed by atoms with Gasteiger partial charge >= 0.3 is 5.69 Å². The molecule has 0 saturated carbocycles. The summed E-state index contributed by atoms with van der Waals surface area (Å²) < 4.78 is 12.5. The van der Waals surface area contributed by atoms with E-state index in [4.69, 9.17) is 17.3 Å². The molecule has 64 valence electrons. The number of nitrogens with two attached hydrogens (primary N) is 1. The van der Waals surface area contributed by atoms with Crippen LogP contribution in [0, 0.1) is 15.9 Å². The number of hydrogen-bond acceptors (Lipinski definition) is 3. The number of nitrogen functional groups attached to an aromatic ring is 1. The predicted octanol–water partition coefficient (Wildman–Crippen LogP) is 1.97. The SMILES string of the molecule is Nc1cc(F)cc(Cl)c1[N+](=O)[O-]. The highest BCUT2D eigenvalue weighted by atomic mass is 35.5. The Balaban J connectivity index is 3.38. The summed E-state index contributed by atoms with van der Waals surface area (Å²) in [4.78, 5) is 9.52. The molecule has 0 amide bonds. The van der Waals surface area contributed by atoms with Crippen molar-refractivity contribution in [3.05, 3.63) is 33.1 Å². The van der Waals surface area contributed by atoms with Crippen LogP contribution < -0.4 is 5.73 Å². The van der Waals surface area contributed by atoms with E-state index in [9.17, 15) is 14.5 Å². The van der Waals surface area contributed by atoms with Crippen LogP contribution in [0.25, 0.3) is 0 Å². The van der Waals surface area contributed by atoms with Crippen molar-refractivity contribution in [3.63, 3.8) is 0 Å². The fraction of sp³-hybridized carbons (Fsp3) is 0. The fourth-order valence-electron chi connectivity index (χ4n) is 0.779. The van der Waals surface area contributed by atoms with Gasteiger partial charge < -0.3 is 5.73 Å². The summed E-state index contributed by atoms with van der Waals surface area (Å²) >= 11 is 5.37. The minimum atomic E-state index is -0.753. The first-order valence-electron chi connectivity index (χ1n) is 2.91. The molecule has 1 rings (SSSR count). The standard InChI is InChI=1S/C6H4ClFN2O2/c7-4-1-3(8)2-5(9)6(4)10(11)12/h1-2H,9H2. The van der Waals surface area contributed by atoms with E-state index in [2.05, 4.69) is 0 Å². The van der Waals surface area contributed by atoms with Gasteiger partial charge in [-0.15, -0.1) is 0 Å². The number of rotatable bonds is 1. The zero-order valence-electron chi connectivity index (χ0n) is 5.75. The molecule has 0 unspecified atom stereocenters. The number of nitro benzene ring substituents is 1. The van der Waals surface area contributed by atoms with Gasteiger partial charge in [0.15, 0.2) is 0 Å². The van der Waals surface area contributed by atoms with Crippen LogP contribution in [0.2, 0.25) is 5.02 Å². The molecule has 0 aliphatic heterocycles. The summed E-state index contributed by atoms with van der Waals surface area (Å²) in [5, 5.41) is 9.98. The minimum absolute atomic E-state index is 0.273. The molecule has 0 aromatic heterocycles. The molecule has 0 fully saturated rings. The van der Waals surface area contributed by atoms with E-state index in [1.165, 1.54) is 0 Å². The number of benzene rings is 1. The fourth-order valence-corrected chi connectivity index (χ4v) is 1.06. The summed E-state index contributed by atoms with van der Waals surface area (Å²) in [7, 11) is 0. The van der Waals surface area contributed by atoms with Gasteiger partial charge in [0, 0.05) is 6.07 Å². The largest absolute Gasteiger partial charge is 0.393 e. The van der Waals surface area contributed by atoms with Gasteiger partial charge in [-0.3, -0.25) is 10.1 Å². The Morgan fingerprint density at radius 3 is 2.58 bits per heavy atom. The van der Waals surface area contributed by atoms with Crippen molar-refractivity contribution in [2.24, 2.45) is 0 Å². The molecule has 0 heterocycles. The lowest BCUT2D eigenvalue weighted by Gasteiger charge is -1.98. The first-order chi connectivity index (χ1) is 5.52. The van der Waals surface area contributed by atoms with Crippen LogP contribution in [0.15, 0.2) is 12.1 Å². The summed E-state index contributed by atoms with van der Waals surface area (Å²) in [6.45, 7) is 0. The lowest BCUT2D eigenvalue weighted by molar-refractivity contribution is -0.383. The third kappa shape index (κ3) is 1.45. The first kappa shape index (κ1) is 8.73. The van der Waals surface area contributed by atoms with Crippen LogP contribution in [0.5, 0.6) is 0 Å². The van der Waals surface area contributed by atoms with Crippen molar-refractivity contribution in [3.8, 4) is 0 Å². The molecule has 0 saturated heterocycles. The summed E-state index contributed by atoms with van der Waals surface area (Å²) in [5.41, 5.74) is 4.42. The number of hydrogen-bond donors (Lipinski definition) is 1. The lowest BCUT2D eigenvalue weighted by atomic mass is 10.2. The van der Waals surface area contributed by atoms with Crippen LogP contribution in [0.3, 0.4) is 0 Å². The van der Waals surface area contributed by atoms with Gasteiger partial charge in [-0.05, 0) is 6.07 Å². The van der Waals surface area contributed by atoms with Gasteiger partial charge in [-0.25, -0.2) is 4.39 Å². The Hall–Kier alpha value is -1.36. The van der Waals surface area contributed by atoms with Crippen molar-refractivity contribution in [2.75, 3.05) is 5.73 Å². The van der Waals surface area contributed by atoms with Gasteiger partial charge in [0.25, 0.3) is 0 Å². The van der Waals surface area contributed by atoms with E-state index in [1.807, 2.05) is 0 Å². The molecular formula is C6H4ClFN2O2. The molecule has 0 bridgehead atoms. The van der Waals surface area contributed by atoms with Crippen molar-refractivity contribution in [1.29, 1.82) is 0 Å². The van der Waals surface area contributed by atoms with Crippen molar-refractivity contribution in [2.45, 2.75) is 0 Å². The second-order valence-electron chi connectivity index (χ2n) is 2.08. The molecule has 1 aromatic carbocycles. The zero-order valence-corrected chi connectivity index (χ0v) is 6.51. The number of halogens is 2. The molecule has 1 aromatic rings. The Morgan fingerprint density at radius 2 is 2.17 bits per heavy atom. The first-order valence-corrected chi connectivity index (χ1v) is 3.29. The van der Waals surface area contributed by atoms with Gasteiger partial charge in [0.1, 0.15) is 16.5 Å². The highest BCUT2D eigenvalue weighted by Gasteiger charge is 2.17. The average Bonchev–Trinajstić information content (AvgIpc) is 1.82. The average molecular weight is 191 g/mol. The van der Waals surface area contributed by atoms with E-state index < -0.39 is 16.4 Å². The van der Waals surface area contributed by atoms with Crippen LogP contribution in [0.1, 0.15) is 0 Å². The van der Waals surface area contributed by atoms with E-state index >= 15 is 0 Å². The molecule has 4 nitrogen and oxygen atoms in total. The minimum Gasteiger partial charge on any atom is -0.393 e. The monoisotopic (exact) mass is 190 g/mol. The summed E-state index contributed by atoms with van der Waals surface area (Å²) in [6, 6.07) is 1.69. The quantitative estimate of drug-likeness (QED) is 0.418. The van der Waals surface area contributed by atoms with Gasteiger partial charge in [0.05, 0.1) is 4.92 Å². The second kappa shape index (κ2) is 2.94. The number of nitro groups is 1. The van der Waals surface area contributed by atoms with Crippen LogP contribution >= 0.6 is 11.6 Å². The van der Waals surface area contributed by atoms with Gasteiger partial charge in [-0.2, -0.15) is 0 Å². The third-order valence-electron chi connectivity index (χ3n) is 1.24. The molecule has 0 spiro atoms. The van der Waals surface area contributed by atoms with Gasteiger partial charge in [0.2, 0.25) is 0 Å². The summed E-state index contributed by atoms with van der Waals surface area (Å²) in [5.74, 6) is -0.692. The van der Waals surface area contributed by atoms with Crippen LogP contribution in [0.4, 0.5) is 15.8 Å². The second-order valence-corrected chi connectivity index (χ2v) is 2.49. The smallest absolute Gasteiger partial charge is 0.310 e. The van der Waals surface area contributed by atoms with Gasteiger partial charge in [-0.1, -0.05) is 11.6 Å². The maximum Gasteiger partial charge on any atom is 0.310 e. The zero-order chi connectivity index (χ0) is 9.30. The van der Waals surface area contributed by atoms with Crippen molar-refractivity contribution >= 4 is 23.0 Å². The lowest BCUT2D eigenvalue weighted by Crippen LogP contribution is -1.97. The van der Waals surface area contributed by atoms with Crippen LogP contribution in [-0.2, 0) is 0 Å². The Bertz CT molecular complexity index is 319. The summed E-state index contributed by atoms with van der Waals surface area (Å²) in [6.07, 6.45) is 0. The maximum atomic E-state index is 12.5. The molecule has 12 heavy (non-hydrogen) atoms. The molecule has 6 heteroatoms. The van der Waals surface area contributed by atoms with E-state index in [-0.39, 0.29) is 10.7 Å². The van der Waals surface area contributed by atoms with E-state index in [0.29, 0.717) is 0 Å². The Morgan fingerprint density at radius 1 is 1.58 bits per heavy atom. The van der Waals surface area contributed by atoms with Crippen LogP contribution in [-0.4, -0.2) is 4.92 Å². The molecule has 0 aliphatic carbocycles. The highest BCUT2D eigenvalue weighted by Crippen LogP contribution is 2.31. The van der Waals surface area contributed by atoms with E-state index in [0.717, 1.165) is 12.1 Å². The number of nitrogens with zero attached hydrogens (tertiary/aromatic N) is 1. The maximum absolute atomic E-state index is 12.5. The topological polar surface area (TPSA) is 69.2 Å². The predicted molar refractivity (Wildman–Crippen MR) is 42.5 cm³/mol.